The molecule has 3 atom stereocenters. The van der Waals surface area contributed by atoms with Crippen LogP contribution < -0.4 is 11.1 Å². The van der Waals surface area contributed by atoms with Gasteiger partial charge in [0.1, 0.15) is 0 Å². The molecule has 3 N–H and O–H groups in total. The molecule has 1 saturated carbocycles. The molecule has 1 saturated heterocycles. The minimum absolute atomic E-state index is 0.0431. The molecule has 0 bridgehead atoms. The maximum atomic E-state index is 12.2. The van der Waals surface area contributed by atoms with Gasteiger partial charge >= 0.3 is 0 Å². The van der Waals surface area contributed by atoms with Gasteiger partial charge in [-0.2, -0.15) is 11.8 Å². The molecule has 1 amide bonds. The Labute approximate surface area is 108 Å². The first-order valence-corrected chi connectivity index (χ1v) is 7.83. The summed E-state index contributed by atoms with van der Waals surface area (Å²) in [4.78, 5) is 12.2. The molecule has 2 aliphatic rings. The maximum absolute atomic E-state index is 12.2. The highest BCUT2D eigenvalue weighted by Crippen LogP contribution is 2.37. The number of hydrogen-bond donors (Lipinski definition) is 2. The topological polar surface area (TPSA) is 55.1 Å². The van der Waals surface area contributed by atoms with Crippen molar-refractivity contribution in [2.45, 2.75) is 56.7 Å². The van der Waals surface area contributed by atoms with Crippen molar-refractivity contribution in [1.29, 1.82) is 0 Å². The minimum atomic E-state index is -0.320. The summed E-state index contributed by atoms with van der Waals surface area (Å²) in [5.41, 5.74) is 5.74. The van der Waals surface area contributed by atoms with E-state index in [-0.39, 0.29) is 17.4 Å². The predicted octanol–water partition coefficient (Wildman–Crippen LogP) is 1.91. The molecule has 17 heavy (non-hydrogen) atoms. The Morgan fingerprint density at radius 3 is 2.82 bits per heavy atom. The number of carbonyl (C=O) groups excluding carboxylic acids is 1. The zero-order valence-corrected chi connectivity index (χ0v) is 11.5. The second kappa shape index (κ2) is 5.61. The fourth-order valence-electron chi connectivity index (χ4n) is 2.85. The van der Waals surface area contributed by atoms with E-state index in [0.717, 1.165) is 25.8 Å². The van der Waals surface area contributed by atoms with Gasteiger partial charge in [0, 0.05) is 17.8 Å². The Hall–Kier alpha value is -0.220. The summed E-state index contributed by atoms with van der Waals surface area (Å²) >= 11 is 2.00. The van der Waals surface area contributed by atoms with E-state index in [1.807, 2.05) is 18.7 Å². The van der Waals surface area contributed by atoms with Gasteiger partial charge in [-0.3, -0.25) is 4.79 Å². The number of rotatable bonds is 3. The molecule has 3 unspecified atom stereocenters. The van der Waals surface area contributed by atoms with E-state index in [2.05, 4.69) is 5.32 Å². The lowest BCUT2D eigenvalue weighted by Crippen LogP contribution is -2.48. The van der Waals surface area contributed by atoms with Gasteiger partial charge in [-0.25, -0.2) is 0 Å². The maximum Gasteiger partial charge on any atom is 0.227 e. The van der Waals surface area contributed by atoms with Crippen LogP contribution in [0, 0.1) is 5.41 Å². The lowest BCUT2D eigenvalue weighted by Gasteiger charge is -2.29. The first kappa shape index (κ1) is 13.2. The highest BCUT2D eigenvalue weighted by atomic mass is 32.2. The largest absolute Gasteiger partial charge is 0.354 e. The summed E-state index contributed by atoms with van der Waals surface area (Å²) in [6.07, 6.45) is 6.90. The number of nitrogens with two attached hydrogens (primary N) is 1. The van der Waals surface area contributed by atoms with Crippen LogP contribution in [0.1, 0.15) is 45.4 Å². The second-order valence-electron chi connectivity index (χ2n) is 5.61. The predicted molar refractivity (Wildman–Crippen MR) is 73.0 cm³/mol. The summed E-state index contributed by atoms with van der Waals surface area (Å²) in [5.74, 6) is 1.42. The monoisotopic (exact) mass is 256 g/mol. The van der Waals surface area contributed by atoms with E-state index in [9.17, 15) is 4.79 Å². The SMILES string of the molecule is CC1(C(=O)NCC2CCCCS2)CCCC1N. The molecular weight excluding hydrogens is 232 g/mol. The van der Waals surface area contributed by atoms with Gasteiger partial charge in [0.05, 0.1) is 5.41 Å². The van der Waals surface area contributed by atoms with Crippen LogP contribution in [-0.4, -0.2) is 29.5 Å². The molecule has 98 valence electrons. The van der Waals surface area contributed by atoms with Crippen molar-refractivity contribution in [2.24, 2.45) is 11.1 Å². The van der Waals surface area contributed by atoms with E-state index in [4.69, 9.17) is 5.73 Å². The van der Waals surface area contributed by atoms with Crippen molar-refractivity contribution < 1.29 is 4.79 Å². The first-order valence-electron chi connectivity index (χ1n) is 6.78. The van der Waals surface area contributed by atoms with Gasteiger partial charge in [0.25, 0.3) is 0 Å². The molecular formula is C13H24N2OS. The summed E-state index contributed by atoms with van der Waals surface area (Å²) in [6, 6.07) is 0.0431. The lowest BCUT2D eigenvalue weighted by atomic mass is 9.84. The van der Waals surface area contributed by atoms with Gasteiger partial charge < -0.3 is 11.1 Å². The fraction of sp³-hybridized carbons (Fsp3) is 0.923. The molecule has 2 rings (SSSR count). The van der Waals surface area contributed by atoms with Gasteiger partial charge in [-0.05, 0) is 38.4 Å². The van der Waals surface area contributed by atoms with Crippen molar-refractivity contribution in [3.63, 3.8) is 0 Å². The summed E-state index contributed by atoms with van der Waals surface area (Å²) in [5, 5.41) is 3.74. The Balaban J connectivity index is 1.80. The Morgan fingerprint density at radius 2 is 2.24 bits per heavy atom. The van der Waals surface area contributed by atoms with Gasteiger partial charge in [0.15, 0.2) is 0 Å². The van der Waals surface area contributed by atoms with Crippen LogP contribution in [0.4, 0.5) is 0 Å². The second-order valence-corrected chi connectivity index (χ2v) is 7.02. The summed E-state index contributed by atoms with van der Waals surface area (Å²) < 4.78 is 0. The molecule has 0 aromatic carbocycles. The van der Waals surface area contributed by atoms with Crippen LogP contribution in [0.2, 0.25) is 0 Å². The molecule has 2 fully saturated rings. The third kappa shape index (κ3) is 2.97. The number of amides is 1. The number of hydrogen-bond acceptors (Lipinski definition) is 3. The molecule has 0 aromatic rings. The van der Waals surface area contributed by atoms with Crippen molar-refractivity contribution in [3.05, 3.63) is 0 Å². The molecule has 4 heteroatoms. The summed E-state index contributed by atoms with van der Waals surface area (Å²) in [7, 11) is 0. The van der Waals surface area contributed by atoms with Crippen LogP contribution in [0.25, 0.3) is 0 Å². The molecule has 1 aliphatic carbocycles. The number of thioether (sulfide) groups is 1. The van der Waals surface area contributed by atoms with E-state index in [1.165, 1.54) is 25.0 Å². The fourth-order valence-corrected chi connectivity index (χ4v) is 4.09. The van der Waals surface area contributed by atoms with Crippen molar-refractivity contribution in [1.82, 2.24) is 5.32 Å². The van der Waals surface area contributed by atoms with E-state index in [1.54, 1.807) is 0 Å². The summed E-state index contributed by atoms with van der Waals surface area (Å²) in [6.45, 7) is 2.85. The lowest BCUT2D eigenvalue weighted by molar-refractivity contribution is -0.130. The number of carbonyl (C=O) groups is 1. The van der Waals surface area contributed by atoms with E-state index in [0.29, 0.717) is 5.25 Å². The average molecular weight is 256 g/mol. The zero-order valence-electron chi connectivity index (χ0n) is 10.7. The molecule has 0 aromatic heterocycles. The molecule has 0 spiro atoms. The smallest absolute Gasteiger partial charge is 0.227 e. The minimum Gasteiger partial charge on any atom is -0.354 e. The Kier molecular flexibility index (Phi) is 4.36. The molecule has 1 heterocycles. The van der Waals surface area contributed by atoms with Crippen molar-refractivity contribution >= 4 is 17.7 Å². The van der Waals surface area contributed by atoms with Crippen molar-refractivity contribution in [3.8, 4) is 0 Å². The van der Waals surface area contributed by atoms with Gasteiger partial charge in [-0.1, -0.05) is 12.8 Å². The van der Waals surface area contributed by atoms with Gasteiger partial charge in [0.2, 0.25) is 5.91 Å². The third-order valence-corrected chi connectivity index (χ3v) is 5.71. The third-order valence-electron chi connectivity index (χ3n) is 4.31. The normalized spacial score (nSPS) is 38.0. The number of nitrogens with one attached hydrogen (secondary N) is 1. The van der Waals surface area contributed by atoms with E-state index >= 15 is 0 Å². The highest BCUT2D eigenvalue weighted by Gasteiger charge is 2.42. The van der Waals surface area contributed by atoms with Crippen LogP contribution >= 0.6 is 11.8 Å². The molecule has 0 radical (unpaired) electrons. The molecule has 3 nitrogen and oxygen atoms in total. The first-order chi connectivity index (χ1) is 8.13. The van der Waals surface area contributed by atoms with Crippen LogP contribution in [0.5, 0.6) is 0 Å². The van der Waals surface area contributed by atoms with Crippen molar-refractivity contribution in [2.75, 3.05) is 12.3 Å². The van der Waals surface area contributed by atoms with Crippen LogP contribution in [0.3, 0.4) is 0 Å². The standard InChI is InChI=1S/C13H24N2OS/c1-13(7-4-6-11(13)14)12(16)15-9-10-5-2-3-8-17-10/h10-11H,2-9,14H2,1H3,(H,15,16). The zero-order chi connectivity index (χ0) is 12.3. The van der Waals surface area contributed by atoms with Gasteiger partial charge in [-0.15, -0.1) is 0 Å². The van der Waals surface area contributed by atoms with Crippen LogP contribution in [0.15, 0.2) is 0 Å². The highest BCUT2D eigenvalue weighted by molar-refractivity contribution is 7.99. The molecule has 1 aliphatic heterocycles. The Morgan fingerprint density at radius 1 is 1.41 bits per heavy atom. The quantitative estimate of drug-likeness (QED) is 0.811. The van der Waals surface area contributed by atoms with Crippen LogP contribution in [-0.2, 0) is 4.79 Å². The average Bonchev–Trinajstić information content (AvgIpc) is 2.69. The Bertz CT molecular complexity index is 279. The van der Waals surface area contributed by atoms with E-state index < -0.39 is 0 Å².